The quantitative estimate of drug-likeness (QED) is 0.474. The number of esters is 1. The first-order valence-corrected chi connectivity index (χ1v) is 9.29. The number of alkyl carbamates (subject to hydrolysis) is 1. The molecule has 0 saturated carbocycles. The Morgan fingerprint density at radius 1 is 1.25 bits per heavy atom. The molecule has 1 atom stereocenters. The monoisotopic (exact) mass is 389 g/mol. The molecule has 7 heteroatoms. The maximum Gasteiger partial charge on any atom is 0.408 e. The summed E-state index contributed by atoms with van der Waals surface area (Å²) in [5.41, 5.74) is 0.828. The third-order valence-electron chi connectivity index (χ3n) is 4.06. The second kappa shape index (κ2) is 8.46. The van der Waals surface area contributed by atoms with Gasteiger partial charge in [-0.3, -0.25) is 0 Å². The number of rotatable bonds is 5. The molecular weight excluding hydrogens is 362 g/mol. The van der Waals surface area contributed by atoms with Gasteiger partial charge in [0.25, 0.3) is 0 Å². The molecule has 2 aromatic rings. The summed E-state index contributed by atoms with van der Waals surface area (Å²) in [7, 11) is 0. The Balaban J connectivity index is 2.15. The molecule has 0 aliphatic heterocycles. The fourth-order valence-corrected chi connectivity index (χ4v) is 2.72. The molecule has 0 aliphatic rings. The lowest BCUT2D eigenvalue weighted by molar-refractivity contribution is -0.136. The number of nitrogens with one attached hydrogen (secondary N) is 1. The van der Waals surface area contributed by atoms with Gasteiger partial charge in [-0.25, -0.2) is 14.4 Å². The van der Waals surface area contributed by atoms with E-state index in [2.05, 4.69) is 5.32 Å². The number of hydrogen-bond donors (Lipinski definition) is 1. The molecule has 1 N–H and O–H groups in total. The van der Waals surface area contributed by atoms with E-state index in [0.717, 1.165) is 17.4 Å². The van der Waals surface area contributed by atoms with Crippen LogP contribution in [0.15, 0.2) is 27.4 Å². The van der Waals surface area contributed by atoms with E-state index in [9.17, 15) is 14.4 Å². The molecule has 0 radical (unpaired) electrons. The van der Waals surface area contributed by atoms with Gasteiger partial charge in [-0.15, -0.1) is 0 Å². The van der Waals surface area contributed by atoms with Crippen molar-refractivity contribution in [2.24, 2.45) is 0 Å². The molecule has 0 saturated heterocycles. The second-order valence-corrected chi connectivity index (χ2v) is 7.69. The van der Waals surface area contributed by atoms with Crippen molar-refractivity contribution in [1.82, 2.24) is 5.32 Å². The van der Waals surface area contributed by atoms with Crippen molar-refractivity contribution < 1.29 is 23.5 Å². The van der Waals surface area contributed by atoms with Crippen molar-refractivity contribution in [3.05, 3.63) is 39.7 Å². The molecule has 2 rings (SSSR count). The molecule has 0 unspecified atom stereocenters. The highest BCUT2D eigenvalue weighted by Crippen LogP contribution is 2.25. The number of fused-ring (bicyclic) bond motifs is 1. The van der Waals surface area contributed by atoms with Gasteiger partial charge in [0, 0.05) is 17.0 Å². The van der Waals surface area contributed by atoms with Crippen molar-refractivity contribution in [1.29, 1.82) is 0 Å². The SMILES string of the molecule is CCCc1c(C)c2ccc(OC(=O)[C@@H](C)NC(=O)OC(C)(C)C)cc2oc1=O. The van der Waals surface area contributed by atoms with Crippen molar-refractivity contribution in [3.63, 3.8) is 0 Å². The lowest BCUT2D eigenvalue weighted by Gasteiger charge is -2.21. The highest BCUT2D eigenvalue weighted by molar-refractivity contribution is 5.85. The van der Waals surface area contributed by atoms with Gasteiger partial charge in [-0.1, -0.05) is 13.3 Å². The minimum Gasteiger partial charge on any atom is -0.444 e. The van der Waals surface area contributed by atoms with Crippen LogP contribution in [0.25, 0.3) is 11.0 Å². The third kappa shape index (κ3) is 5.34. The highest BCUT2D eigenvalue weighted by atomic mass is 16.6. The summed E-state index contributed by atoms with van der Waals surface area (Å²) in [5, 5.41) is 3.22. The predicted molar refractivity (Wildman–Crippen MR) is 106 cm³/mol. The van der Waals surface area contributed by atoms with Gasteiger partial charge in [0.2, 0.25) is 0 Å². The van der Waals surface area contributed by atoms with Crippen LogP contribution < -0.4 is 15.7 Å². The van der Waals surface area contributed by atoms with Crippen LogP contribution in [0.3, 0.4) is 0 Å². The molecule has 1 aromatic carbocycles. The number of amides is 1. The molecule has 0 fully saturated rings. The largest absolute Gasteiger partial charge is 0.444 e. The molecule has 1 heterocycles. The van der Waals surface area contributed by atoms with Crippen LogP contribution in [-0.2, 0) is 16.0 Å². The maximum absolute atomic E-state index is 12.2. The van der Waals surface area contributed by atoms with E-state index in [1.54, 1.807) is 32.9 Å². The molecule has 28 heavy (non-hydrogen) atoms. The van der Waals surface area contributed by atoms with Crippen LogP contribution in [0.5, 0.6) is 5.75 Å². The molecule has 0 bridgehead atoms. The Bertz CT molecular complexity index is 938. The smallest absolute Gasteiger partial charge is 0.408 e. The van der Waals surface area contributed by atoms with Gasteiger partial charge in [0.15, 0.2) is 0 Å². The Morgan fingerprint density at radius 3 is 2.54 bits per heavy atom. The summed E-state index contributed by atoms with van der Waals surface area (Å²) in [5.74, 6) is -0.437. The summed E-state index contributed by atoms with van der Waals surface area (Å²) in [6.45, 7) is 10.6. The standard InChI is InChI=1S/C21H27NO6/c1-7-8-16-12(2)15-10-9-14(11-17(15)27-19(16)24)26-18(23)13(3)22-20(25)28-21(4,5)6/h9-11,13H,7-8H2,1-6H3,(H,22,25)/t13-/m1/s1. The average molecular weight is 389 g/mol. The summed E-state index contributed by atoms with van der Waals surface area (Å²) in [4.78, 5) is 36.2. The van der Waals surface area contributed by atoms with Gasteiger partial charge in [0.1, 0.15) is 23.0 Å². The van der Waals surface area contributed by atoms with Gasteiger partial charge < -0.3 is 19.2 Å². The number of benzene rings is 1. The first-order valence-electron chi connectivity index (χ1n) is 9.29. The lowest BCUT2D eigenvalue weighted by atomic mass is 10.0. The summed E-state index contributed by atoms with van der Waals surface area (Å²) in [6.07, 6.45) is 0.782. The number of carbonyl (C=O) groups is 2. The third-order valence-corrected chi connectivity index (χ3v) is 4.06. The minimum atomic E-state index is -0.911. The van der Waals surface area contributed by atoms with E-state index in [1.807, 2.05) is 13.8 Å². The molecule has 0 spiro atoms. The topological polar surface area (TPSA) is 94.8 Å². The Kier molecular flexibility index (Phi) is 6.48. The summed E-state index contributed by atoms with van der Waals surface area (Å²) >= 11 is 0. The summed E-state index contributed by atoms with van der Waals surface area (Å²) < 4.78 is 15.8. The lowest BCUT2D eigenvalue weighted by Crippen LogP contribution is -2.43. The molecule has 7 nitrogen and oxygen atoms in total. The van der Waals surface area contributed by atoms with Crippen LogP contribution in [-0.4, -0.2) is 23.7 Å². The van der Waals surface area contributed by atoms with E-state index in [4.69, 9.17) is 13.9 Å². The fourth-order valence-electron chi connectivity index (χ4n) is 2.72. The average Bonchev–Trinajstić information content (AvgIpc) is 2.56. The van der Waals surface area contributed by atoms with Crippen LogP contribution in [0.4, 0.5) is 4.79 Å². The van der Waals surface area contributed by atoms with Gasteiger partial charge in [-0.2, -0.15) is 0 Å². The number of hydrogen-bond acceptors (Lipinski definition) is 6. The Morgan fingerprint density at radius 2 is 1.93 bits per heavy atom. The molecule has 152 valence electrons. The molecule has 1 amide bonds. The first-order chi connectivity index (χ1) is 13.0. The zero-order valence-electron chi connectivity index (χ0n) is 17.2. The number of aryl methyl sites for hydroxylation is 1. The Labute approximate surface area is 164 Å². The second-order valence-electron chi connectivity index (χ2n) is 7.69. The zero-order valence-corrected chi connectivity index (χ0v) is 17.2. The molecular formula is C21H27NO6. The van der Waals surface area contributed by atoms with E-state index < -0.39 is 23.7 Å². The van der Waals surface area contributed by atoms with E-state index in [-0.39, 0.29) is 11.4 Å². The van der Waals surface area contributed by atoms with Crippen LogP contribution in [0, 0.1) is 6.92 Å². The number of ether oxygens (including phenoxy) is 2. The Hall–Kier alpha value is -2.83. The van der Waals surface area contributed by atoms with Gasteiger partial charge >= 0.3 is 17.7 Å². The minimum absolute atomic E-state index is 0.223. The summed E-state index contributed by atoms with van der Waals surface area (Å²) in [6, 6.07) is 3.97. The highest BCUT2D eigenvalue weighted by Gasteiger charge is 2.22. The normalized spacial score (nSPS) is 12.5. The van der Waals surface area contributed by atoms with E-state index in [0.29, 0.717) is 17.6 Å². The molecule has 0 aliphatic carbocycles. The van der Waals surface area contributed by atoms with Crippen molar-refractivity contribution in [2.75, 3.05) is 0 Å². The predicted octanol–water partition coefficient (Wildman–Crippen LogP) is 3.87. The zero-order chi connectivity index (χ0) is 21.1. The fraction of sp³-hybridized carbons (Fsp3) is 0.476. The first kappa shape index (κ1) is 21.5. The van der Waals surface area contributed by atoms with E-state index >= 15 is 0 Å². The van der Waals surface area contributed by atoms with Crippen LogP contribution >= 0.6 is 0 Å². The number of carbonyl (C=O) groups excluding carboxylic acids is 2. The van der Waals surface area contributed by atoms with E-state index in [1.165, 1.54) is 13.0 Å². The van der Waals surface area contributed by atoms with Crippen LogP contribution in [0.2, 0.25) is 0 Å². The van der Waals surface area contributed by atoms with Gasteiger partial charge in [-0.05, 0) is 58.7 Å². The maximum atomic E-state index is 12.2. The van der Waals surface area contributed by atoms with Crippen molar-refractivity contribution in [3.8, 4) is 5.75 Å². The van der Waals surface area contributed by atoms with Crippen LogP contribution in [0.1, 0.15) is 52.2 Å². The molecule has 1 aromatic heterocycles. The van der Waals surface area contributed by atoms with Gasteiger partial charge in [0.05, 0.1) is 0 Å². The van der Waals surface area contributed by atoms with Crippen molar-refractivity contribution in [2.45, 2.75) is 66.0 Å². The van der Waals surface area contributed by atoms with Crippen molar-refractivity contribution >= 4 is 23.0 Å².